The molecule has 0 amide bonds. The molecule has 108 valence electrons. The van der Waals surface area contributed by atoms with Gasteiger partial charge < -0.3 is 5.73 Å². The number of rotatable bonds is 6. The van der Waals surface area contributed by atoms with Gasteiger partial charge in [0.2, 0.25) is 10.0 Å². The topological polar surface area (TPSA) is 63.4 Å². The van der Waals surface area contributed by atoms with Gasteiger partial charge in [0.05, 0.1) is 5.75 Å². The lowest BCUT2D eigenvalue weighted by atomic mass is 9.90. The van der Waals surface area contributed by atoms with Gasteiger partial charge in [-0.25, -0.2) is 8.42 Å². The molecule has 2 atom stereocenters. The number of nitrogens with zero attached hydrogens (tertiary/aromatic N) is 1. The fourth-order valence-corrected chi connectivity index (χ4v) is 4.49. The third-order valence-electron chi connectivity index (χ3n) is 4.08. The molecule has 1 heterocycles. The van der Waals surface area contributed by atoms with Crippen molar-refractivity contribution in [1.82, 2.24) is 4.31 Å². The molecule has 0 aromatic carbocycles. The minimum Gasteiger partial charge on any atom is -0.330 e. The molecule has 1 aliphatic rings. The average Bonchev–Trinajstić information content (AvgIpc) is 2.28. The van der Waals surface area contributed by atoms with Crippen LogP contribution in [-0.4, -0.2) is 37.6 Å². The summed E-state index contributed by atoms with van der Waals surface area (Å²) in [7, 11) is -3.00. The summed E-state index contributed by atoms with van der Waals surface area (Å²) in [6.45, 7) is 7.77. The highest BCUT2D eigenvalue weighted by Gasteiger charge is 2.30. The Morgan fingerprint density at radius 2 is 1.83 bits per heavy atom. The standard InChI is InChI=1S/C13H28N2O2S/c1-11(2)13(10-14)7-6-12(3)15-8-4-5-9-18(15,16)17/h11-13H,4-10,14H2,1-3H3/t12-,13-/m1/s1. The summed E-state index contributed by atoms with van der Waals surface area (Å²) in [4.78, 5) is 0. The molecule has 0 bridgehead atoms. The summed E-state index contributed by atoms with van der Waals surface area (Å²) in [5.74, 6) is 1.39. The van der Waals surface area contributed by atoms with Gasteiger partial charge in [-0.2, -0.15) is 4.31 Å². The van der Waals surface area contributed by atoms with E-state index < -0.39 is 10.0 Å². The zero-order chi connectivity index (χ0) is 13.8. The smallest absolute Gasteiger partial charge is 0.214 e. The average molecular weight is 276 g/mol. The van der Waals surface area contributed by atoms with Crippen LogP contribution in [-0.2, 0) is 10.0 Å². The maximum atomic E-state index is 12.0. The normalized spacial score (nSPS) is 24.1. The molecular weight excluding hydrogens is 248 g/mol. The molecule has 0 radical (unpaired) electrons. The first-order valence-electron chi connectivity index (χ1n) is 7.08. The number of sulfonamides is 1. The van der Waals surface area contributed by atoms with Crippen molar-refractivity contribution in [3.8, 4) is 0 Å². The molecule has 1 fully saturated rings. The molecule has 0 aliphatic carbocycles. The van der Waals surface area contributed by atoms with E-state index in [-0.39, 0.29) is 6.04 Å². The Labute approximate surface area is 112 Å². The van der Waals surface area contributed by atoms with Crippen LogP contribution in [0.2, 0.25) is 0 Å². The number of nitrogens with two attached hydrogens (primary N) is 1. The molecule has 0 aromatic heterocycles. The first-order valence-corrected chi connectivity index (χ1v) is 8.69. The van der Waals surface area contributed by atoms with Gasteiger partial charge in [0.25, 0.3) is 0 Å². The van der Waals surface area contributed by atoms with E-state index in [0.29, 0.717) is 30.7 Å². The van der Waals surface area contributed by atoms with Crippen molar-refractivity contribution in [2.24, 2.45) is 17.6 Å². The summed E-state index contributed by atoms with van der Waals surface area (Å²) in [5, 5.41) is 0. The number of hydrogen-bond donors (Lipinski definition) is 1. The van der Waals surface area contributed by atoms with Gasteiger partial charge in [-0.15, -0.1) is 0 Å². The third kappa shape index (κ3) is 4.21. The first kappa shape index (κ1) is 15.9. The lowest BCUT2D eigenvalue weighted by molar-refractivity contribution is 0.269. The molecule has 2 N–H and O–H groups in total. The fraction of sp³-hybridized carbons (Fsp3) is 1.00. The lowest BCUT2D eigenvalue weighted by Crippen LogP contribution is -2.43. The molecule has 1 saturated heterocycles. The third-order valence-corrected chi connectivity index (χ3v) is 6.14. The van der Waals surface area contributed by atoms with Crippen molar-refractivity contribution in [1.29, 1.82) is 0 Å². The van der Waals surface area contributed by atoms with Crippen LogP contribution < -0.4 is 5.73 Å². The van der Waals surface area contributed by atoms with Crippen LogP contribution in [0.25, 0.3) is 0 Å². The van der Waals surface area contributed by atoms with Crippen molar-refractivity contribution in [3.63, 3.8) is 0 Å². The van der Waals surface area contributed by atoms with Crippen LogP contribution >= 0.6 is 0 Å². The summed E-state index contributed by atoms with van der Waals surface area (Å²) in [5.41, 5.74) is 5.76. The second-order valence-corrected chi connectivity index (χ2v) is 7.84. The maximum absolute atomic E-state index is 12.0. The van der Waals surface area contributed by atoms with Crippen molar-refractivity contribution >= 4 is 10.0 Å². The summed E-state index contributed by atoms with van der Waals surface area (Å²) >= 11 is 0. The van der Waals surface area contributed by atoms with Gasteiger partial charge >= 0.3 is 0 Å². The van der Waals surface area contributed by atoms with E-state index in [0.717, 1.165) is 25.7 Å². The van der Waals surface area contributed by atoms with E-state index in [1.54, 1.807) is 4.31 Å². The highest BCUT2D eigenvalue weighted by atomic mass is 32.2. The van der Waals surface area contributed by atoms with Crippen LogP contribution in [0.3, 0.4) is 0 Å². The Morgan fingerprint density at radius 1 is 1.17 bits per heavy atom. The van der Waals surface area contributed by atoms with Crippen LogP contribution in [0.15, 0.2) is 0 Å². The maximum Gasteiger partial charge on any atom is 0.214 e. The second-order valence-electron chi connectivity index (χ2n) is 5.80. The zero-order valence-electron chi connectivity index (χ0n) is 11.9. The fourth-order valence-electron chi connectivity index (χ4n) is 2.63. The molecule has 0 spiro atoms. The minimum atomic E-state index is -3.00. The Balaban J connectivity index is 2.51. The van der Waals surface area contributed by atoms with Gasteiger partial charge in [0.1, 0.15) is 0 Å². The Bertz CT molecular complexity index is 341. The van der Waals surface area contributed by atoms with Gasteiger partial charge in [-0.3, -0.25) is 0 Å². The highest BCUT2D eigenvalue weighted by Crippen LogP contribution is 2.23. The van der Waals surface area contributed by atoms with E-state index in [1.807, 2.05) is 6.92 Å². The largest absolute Gasteiger partial charge is 0.330 e. The van der Waals surface area contributed by atoms with Crippen LogP contribution in [0.5, 0.6) is 0 Å². The molecule has 0 unspecified atom stereocenters. The number of hydrogen-bond acceptors (Lipinski definition) is 3. The molecule has 18 heavy (non-hydrogen) atoms. The lowest BCUT2D eigenvalue weighted by Gasteiger charge is -2.32. The van der Waals surface area contributed by atoms with Crippen molar-refractivity contribution in [3.05, 3.63) is 0 Å². The van der Waals surface area contributed by atoms with Gasteiger partial charge in [0.15, 0.2) is 0 Å². The predicted octanol–water partition coefficient (Wildman–Crippen LogP) is 1.81. The second kappa shape index (κ2) is 6.87. The zero-order valence-corrected chi connectivity index (χ0v) is 12.7. The molecular formula is C13H28N2O2S. The van der Waals surface area contributed by atoms with Crippen LogP contribution in [0.4, 0.5) is 0 Å². The molecule has 1 aliphatic heterocycles. The minimum absolute atomic E-state index is 0.114. The summed E-state index contributed by atoms with van der Waals surface area (Å²) in [6.07, 6.45) is 3.73. The predicted molar refractivity (Wildman–Crippen MR) is 75.8 cm³/mol. The van der Waals surface area contributed by atoms with E-state index >= 15 is 0 Å². The first-order chi connectivity index (χ1) is 8.38. The molecule has 1 rings (SSSR count). The van der Waals surface area contributed by atoms with Gasteiger partial charge in [-0.05, 0) is 51.0 Å². The van der Waals surface area contributed by atoms with Gasteiger partial charge in [0, 0.05) is 12.6 Å². The molecule has 5 heteroatoms. The van der Waals surface area contributed by atoms with Crippen LogP contribution in [0.1, 0.15) is 46.5 Å². The highest BCUT2D eigenvalue weighted by molar-refractivity contribution is 7.89. The Morgan fingerprint density at radius 3 is 2.33 bits per heavy atom. The molecule has 0 aromatic rings. The van der Waals surface area contributed by atoms with Crippen molar-refractivity contribution < 1.29 is 8.42 Å². The van der Waals surface area contributed by atoms with Gasteiger partial charge in [-0.1, -0.05) is 13.8 Å². The summed E-state index contributed by atoms with van der Waals surface area (Å²) in [6, 6.07) is 0.114. The van der Waals surface area contributed by atoms with E-state index in [4.69, 9.17) is 5.73 Å². The Hall–Kier alpha value is -0.130. The van der Waals surface area contributed by atoms with Crippen molar-refractivity contribution in [2.45, 2.75) is 52.5 Å². The molecule has 4 nitrogen and oxygen atoms in total. The SMILES string of the molecule is CC(C)[C@@H](CN)CC[C@@H](C)N1CCCCS1(=O)=O. The quantitative estimate of drug-likeness (QED) is 0.805. The van der Waals surface area contributed by atoms with E-state index in [9.17, 15) is 8.42 Å². The van der Waals surface area contributed by atoms with E-state index in [1.165, 1.54) is 0 Å². The monoisotopic (exact) mass is 276 g/mol. The summed E-state index contributed by atoms with van der Waals surface area (Å²) < 4.78 is 25.6. The van der Waals surface area contributed by atoms with Crippen LogP contribution in [0, 0.1) is 11.8 Å². The van der Waals surface area contributed by atoms with E-state index in [2.05, 4.69) is 13.8 Å². The Kier molecular flexibility index (Phi) is 6.08. The molecule has 0 saturated carbocycles. The van der Waals surface area contributed by atoms with Crippen molar-refractivity contribution in [2.75, 3.05) is 18.8 Å².